The number of hydrogen-bond donors (Lipinski definition) is 1. The molecule has 0 fully saturated rings. The van der Waals surface area contributed by atoms with Gasteiger partial charge in [0.1, 0.15) is 5.82 Å². The van der Waals surface area contributed by atoms with Crippen LogP contribution in [-0.2, 0) is 13.0 Å². The normalized spacial score (nSPS) is 15.2. The molecule has 3 heterocycles. The number of amides is 1. The quantitative estimate of drug-likeness (QED) is 0.807. The first-order chi connectivity index (χ1) is 8.75. The Morgan fingerprint density at radius 2 is 2.28 bits per heavy atom. The Kier molecular flexibility index (Phi) is 2.75. The predicted molar refractivity (Wildman–Crippen MR) is 66.8 cm³/mol. The summed E-state index contributed by atoms with van der Waals surface area (Å²) in [4.78, 5) is 26.2. The SMILES string of the molecule is O=C(c1cccs1)N1CCc2n[nH]c(=O)n2CC1. The molecule has 0 unspecified atom stereocenters. The van der Waals surface area contributed by atoms with Crippen LogP contribution in [0.15, 0.2) is 22.3 Å². The molecule has 0 bridgehead atoms. The lowest BCUT2D eigenvalue weighted by Crippen LogP contribution is -2.34. The summed E-state index contributed by atoms with van der Waals surface area (Å²) < 4.78 is 1.60. The molecule has 0 aromatic carbocycles. The molecule has 0 spiro atoms. The van der Waals surface area contributed by atoms with Gasteiger partial charge in [0.05, 0.1) is 4.88 Å². The Balaban J connectivity index is 1.79. The molecule has 1 N–H and O–H groups in total. The van der Waals surface area contributed by atoms with E-state index in [-0.39, 0.29) is 11.6 Å². The fraction of sp³-hybridized carbons (Fsp3) is 0.364. The number of H-pyrrole nitrogens is 1. The molecule has 0 aliphatic carbocycles. The fourth-order valence-corrected chi connectivity index (χ4v) is 2.79. The van der Waals surface area contributed by atoms with Gasteiger partial charge in [0, 0.05) is 26.1 Å². The van der Waals surface area contributed by atoms with E-state index in [2.05, 4.69) is 10.2 Å². The monoisotopic (exact) mass is 264 g/mol. The van der Waals surface area contributed by atoms with Crippen molar-refractivity contribution in [2.45, 2.75) is 13.0 Å². The third-order valence-electron chi connectivity index (χ3n) is 3.06. The number of aromatic nitrogens is 3. The molecule has 1 aliphatic heterocycles. The van der Waals surface area contributed by atoms with Gasteiger partial charge in [0.2, 0.25) is 0 Å². The van der Waals surface area contributed by atoms with Crippen molar-refractivity contribution in [2.24, 2.45) is 0 Å². The lowest BCUT2D eigenvalue weighted by atomic mass is 10.3. The van der Waals surface area contributed by atoms with Crippen LogP contribution in [0.1, 0.15) is 15.5 Å². The Hall–Kier alpha value is -1.89. The Morgan fingerprint density at radius 1 is 1.39 bits per heavy atom. The minimum Gasteiger partial charge on any atom is -0.336 e. The van der Waals surface area contributed by atoms with Gasteiger partial charge in [-0.05, 0) is 11.4 Å². The second-order valence-corrected chi connectivity index (χ2v) is 5.06. The Labute approximate surface area is 107 Å². The zero-order valence-electron chi connectivity index (χ0n) is 9.63. The topological polar surface area (TPSA) is 71.0 Å². The van der Waals surface area contributed by atoms with E-state index in [1.165, 1.54) is 11.3 Å². The van der Waals surface area contributed by atoms with Gasteiger partial charge in [-0.3, -0.25) is 9.36 Å². The number of aromatic amines is 1. The van der Waals surface area contributed by atoms with Crippen LogP contribution < -0.4 is 5.69 Å². The molecule has 18 heavy (non-hydrogen) atoms. The highest BCUT2D eigenvalue weighted by Gasteiger charge is 2.21. The number of thiophene rings is 1. The molecule has 0 atom stereocenters. The van der Waals surface area contributed by atoms with E-state index in [0.717, 1.165) is 10.7 Å². The van der Waals surface area contributed by atoms with Gasteiger partial charge in [0.25, 0.3) is 5.91 Å². The van der Waals surface area contributed by atoms with Crippen molar-refractivity contribution < 1.29 is 4.79 Å². The molecule has 94 valence electrons. The summed E-state index contributed by atoms with van der Waals surface area (Å²) in [5.41, 5.74) is -0.199. The summed E-state index contributed by atoms with van der Waals surface area (Å²) in [6.07, 6.45) is 0.607. The van der Waals surface area contributed by atoms with E-state index >= 15 is 0 Å². The van der Waals surface area contributed by atoms with Crippen LogP contribution >= 0.6 is 11.3 Å². The van der Waals surface area contributed by atoms with Crippen molar-refractivity contribution in [1.82, 2.24) is 19.7 Å². The van der Waals surface area contributed by atoms with E-state index in [1.807, 2.05) is 17.5 Å². The first kappa shape index (κ1) is 11.2. The summed E-state index contributed by atoms with van der Waals surface area (Å²) in [5.74, 6) is 0.758. The van der Waals surface area contributed by atoms with Gasteiger partial charge in [-0.25, -0.2) is 9.89 Å². The molecular formula is C11H12N4O2S. The minimum atomic E-state index is -0.199. The zero-order chi connectivity index (χ0) is 12.5. The standard InChI is InChI=1S/C11H12N4O2S/c16-10(8-2-1-7-18-8)14-4-3-9-12-13-11(17)15(9)6-5-14/h1-2,7H,3-6H2,(H,13,17). The van der Waals surface area contributed by atoms with Gasteiger partial charge in [-0.1, -0.05) is 6.07 Å². The third kappa shape index (κ3) is 1.86. The maximum atomic E-state index is 12.2. The van der Waals surface area contributed by atoms with Gasteiger partial charge >= 0.3 is 5.69 Å². The first-order valence-corrected chi connectivity index (χ1v) is 6.60. The van der Waals surface area contributed by atoms with Gasteiger partial charge in [-0.15, -0.1) is 11.3 Å². The average Bonchev–Trinajstić information content (AvgIpc) is 2.95. The number of nitrogens with one attached hydrogen (secondary N) is 1. The van der Waals surface area contributed by atoms with E-state index in [1.54, 1.807) is 9.47 Å². The molecule has 1 aliphatic rings. The largest absolute Gasteiger partial charge is 0.343 e. The molecule has 6 nitrogen and oxygen atoms in total. The highest BCUT2D eigenvalue weighted by molar-refractivity contribution is 7.12. The highest BCUT2D eigenvalue weighted by Crippen LogP contribution is 2.13. The Morgan fingerprint density at radius 3 is 3.06 bits per heavy atom. The first-order valence-electron chi connectivity index (χ1n) is 5.72. The van der Waals surface area contributed by atoms with Crippen LogP contribution in [0.2, 0.25) is 0 Å². The van der Waals surface area contributed by atoms with E-state index < -0.39 is 0 Å². The van der Waals surface area contributed by atoms with Gasteiger partial charge in [0.15, 0.2) is 0 Å². The smallest absolute Gasteiger partial charge is 0.336 e. The van der Waals surface area contributed by atoms with Crippen LogP contribution in [0.25, 0.3) is 0 Å². The van der Waals surface area contributed by atoms with E-state index in [0.29, 0.717) is 26.1 Å². The molecule has 2 aromatic heterocycles. The molecule has 7 heteroatoms. The highest BCUT2D eigenvalue weighted by atomic mass is 32.1. The van der Waals surface area contributed by atoms with E-state index in [9.17, 15) is 9.59 Å². The van der Waals surface area contributed by atoms with Crippen LogP contribution in [0, 0.1) is 0 Å². The summed E-state index contributed by atoms with van der Waals surface area (Å²) >= 11 is 1.44. The number of fused-ring (bicyclic) bond motifs is 1. The van der Waals surface area contributed by atoms with Crippen molar-refractivity contribution in [3.05, 3.63) is 38.7 Å². The molecule has 2 aromatic rings. The Bertz CT molecular complexity index is 613. The van der Waals surface area contributed by atoms with Crippen molar-refractivity contribution in [3.63, 3.8) is 0 Å². The third-order valence-corrected chi connectivity index (χ3v) is 3.91. The summed E-state index contributed by atoms with van der Waals surface area (Å²) in [6, 6.07) is 3.69. The molecular weight excluding hydrogens is 252 g/mol. The number of rotatable bonds is 1. The fourth-order valence-electron chi connectivity index (χ4n) is 2.10. The zero-order valence-corrected chi connectivity index (χ0v) is 10.4. The van der Waals surface area contributed by atoms with E-state index in [4.69, 9.17) is 0 Å². The predicted octanol–water partition coefficient (Wildman–Crippen LogP) is 0.331. The average molecular weight is 264 g/mol. The second kappa shape index (κ2) is 4.41. The number of hydrogen-bond acceptors (Lipinski definition) is 4. The van der Waals surface area contributed by atoms with Crippen LogP contribution in [0.3, 0.4) is 0 Å². The number of nitrogens with zero attached hydrogens (tertiary/aromatic N) is 3. The van der Waals surface area contributed by atoms with Crippen molar-refractivity contribution in [1.29, 1.82) is 0 Å². The lowest BCUT2D eigenvalue weighted by molar-refractivity contribution is 0.0763. The van der Waals surface area contributed by atoms with Crippen LogP contribution in [0.5, 0.6) is 0 Å². The number of carbonyl (C=O) groups excluding carboxylic acids is 1. The van der Waals surface area contributed by atoms with Crippen LogP contribution in [-0.4, -0.2) is 38.7 Å². The molecule has 1 amide bonds. The van der Waals surface area contributed by atoms with Crippen LogP contribution in [0.4, 0.5) is 0 Å². The molecule has 0 radical (unpaired) electrons. The maximum Gasteiger partial charge on any atom is 0.343 e. The maximum absolute atomic E-state index is 12.2. The second-order valence-electron chi connectivity index (χ2n) is 4.12. The van der Waals surface area contributed by atoms with Gasteiger partial charge < -0.3 is 4.90 Å². The molecule has 0 saturated carbocycles. The van der Waals surface area contributed by atoms with Gasteiger partial charge in [-0.2, -0.15) is 5.10 Å². The number of carbonyl (C=O) groups is 1. The summed E-state index contributed by atoms with van der Waals surface area (Å²) in [5, 5.41) is 8.29. The molecule has 3 rings (SSSR count). The lowest BCUT2D eigenvalue weighted by Gasteiger charge is -2.18. The summed E-state index contributed by atoms with van der Waals surface area (Å²) in [7, 11) is 0. The summed E-state index contributed by atoms with van der Waals surface area (Å²) in [6.45, 7) is 1.64. The van der Waals surface area contributed by atoms with Crippen molar-refractivity contribution >= 4 is 17.2 Å². The minimum absolute atomic E-state index is 0.0344. The van der Waals surface area contributed by atoms with Crippen molar-refractivity contribution in [2.75, 3.05) is 13.1 Å². The molecule has 0 saturated heterocycles. The van der Waals surface area contributed by atoms with Crippen molar-refractivity contribution in [3.8, 4) is 0 Å².